The van der Waals surface area contributed by atoms with Gasteiger partial charge in [0, 0.05) is 38.6 Å². The molecule has 0 radical (unpaired) electrons. The Kier molecular flexibility index (Phi) is 5.53. The first kappa shape index (κ1) is 17.4. The molecule has 0 spiro atoms. The average Bonchev–Trinajstić information content (AvgIpc) is 2.93. The Morgan fingerprint density at radius 3 is 2.50 bits per heavy atom. The number of rotatable bonds is 6. The Labute approximate surface area is 144 Å². The molecule has 2 heterocycles. The minimum absolute atomic E-state index is 0.0253. The fourth-order valence-electron chi connectivity index (χ4n) is 3.37. The van der Waals surface area contributed by atoms with Crippen LogP contribution in [0.4, 0.5) is 0 Å². The van der Waals surface area contributed by atoms with Crippen molar-refractivity contribution in [1.82, 2.24) is 13.9 Å². The SMILES string of the molecule is O=C1C[C@@H](NS(=O)(=O)N2CCCCC2)CN1CCc1ccccc1. The molecule has 2 aliphatic rings. The van der Waals surface area contributed by atoms with E-state index < -0.39 is 10.2 Å². The maximum atomic E-state index is 12.4. The lowest BCUT2D eigenvalue weighted by Gasteiger charge is -2.27. The van der Waals surface area contributed by atoms with Crippen LogP contribution in [0.25, 0.3) is 0 Å². The Morgan fingerprint density at radius 1 is 1.08 bits per heavy atom. The van der Waals surface area contributed by atoms with Gasteiger partial charge in [-0.05, 0) is 24.8 Å². The highest BCUT2D eigenvalue weighted by atomic mass is 32.2. The maximum Gasteiger partial charge on any atom is 0.279 e. The van der Waals surface area contributed by atoms with Gasteiger partial charge in [0.2, 0.25) is 5.91 Å². The lowest BCUT2D eigenvalue weighted by atomic mass is 10.1. The predicted octanol–water partition coefficient (Wildman–Crippen LogP) is 1.15. The molecule has 0 saturated carbocycles. The van der Waals surface area contributed by atoms with Crippen LogP contribution in [0.3, 0.4) is 0 Å². The highest BCUT2D eigenvalue weighted by molar-refractivity contribution is 7.87. The molecule has 0 bridgehead atoms. The largest absolute Gasteiger partial charge is 0.341 e. The summed E-state index contributed by atoms with van der Waals surface area (Å²) < 4.78 is 29.1. The summed E-state index contributed by atoms with van der Waals surface area (Å²) in [4.78, 5) is 13.9. The summed E-state index contributed by atoms with van der Waals surface area (Å²) in [5.41, 5.74) is 1.18. The molecular formula is C17H25N3O3S. The molecule has 132 valence electrons. The van der Waals surface area contributed by atoms with E-state index in [0.717, 1.165) is 25.7 Å². The molecular weight excluding hydrogens is 326 g/mol. The Bertz CT molecular complexity index is 657. The number of amides is 1. The molecule has 0 aromatic heterocycles. The zero-order chi connectivity index (χ0) is 17.0. The number of nitrogens with zero attached hydrogens (tertiary/aromatic N) is 2. The predicted molar refractivity (Wildman–Crippen MR) is 92.6 cm³/mol. The van der Waals surface area contributed by atoms with Crippen LogP contribution in [-0.4, -0.2) is 55.8 Å². The van der Waals surface area contributed by atoms with Gasteiger partial charge >= 0.3 is 0 Å². The third kappa shape index (κ3) is 4.34. The fourth-order valence-corrected chi connectivity index (χ4v) is 4.83. The number of carbonyl (C=O) groups is 1. The van der Waals surface area contributed by atoms with E-state index in [1.54, 1.807) is 4.90 Å². The van der Waals surface area contributed by atoms with Crippen LogP contribution in [-0.2, 0) is 21.4 Å². The summed E-state index contributed by atoms with van der Waals surface area (Å²) in [6, 6.07) is 9.69. The normalized spacial score (nSPS) is 22.9. The zero-order valence-electron chi connectivity index (χ0n) is 13.9. The molecule has 24 heavy (non-hydrogen) atoms. The van der Waals surface area contributed by atoms with Crippen LogP contribution in [0.1, 0.15) is 31.2 Å². The van der Waals surface area contributed by atoms with Crippen molar-refractivity contribution in [2.75, 3.05) is 26.2 Å². The maximum absolute atomic E-state index is 12.4. The molecule has 1 N–H and O–H groups in total. The summed E-state index contributed by atoms with van der Waals surface area (Å²) in [6.45, 7) is 2.24. The molecule has 1 atom stereocenters. The van der Waals surface area contributed by atoms with Crippen molar-refractivity contribution in [1.29, 1.82) is 0 Å². The van der Waals surface area contributed by atoms with Gasteiger partial charge in [-0.15, -0.1) is 0 Å². The Hall–Kier alpha value is -1.44. The molecule has 2 fully saturated rings. The minimum atomic E-state index is -3.48. The standard InChI is InChI=1S/C17H25N3O3S/c21-17-13-16(18-24(22,23)20-10-5-2-6-11-20)14-19(17)12-9-15-7-3-1-4-8-15/h1,3-4,7-8,16,18H,2,5-6,9-14H2/t16-/m1/s1. The quantitative estimate of drug-likeness (QED) is 0.836. The second-order valence-electron chi connectivity index (χ2n) is 6.56. The van der Waals surface area contributed by atoms with Gasteiger partial charge in [0.15, 0.2) is 0 Å². The third-order valence-corrected chi connectivity index (χ3v) is 6.37. The molecule has 2 aliphatic heterocycles. The second kappa shape index (κ2) is 7.63. The van der Waals surface area contributed by atoms with Gasteiger partial charge in [-0.1, -0.05) is 36.8 Å². The molecule has 3 rings (SSSR count). The Morgan fingerprint density at radius 2 is 1.79 bits per heavy atom. The number of likely N-dealkylation sites (tertiary alicyclic amines) is 1. The number of benzene rings is 1. The smallest absolute Gasteiger partial charge is 0.279 e. The Balaban J connectivity index is 1.52. The summed E-state index contributed by atoms with van der Waals surface area (Å²) in [6.07, 6.45) is 3.95. The first-order valence-corrected chi connectivity index (χ1v) is 10.1. The van der Waals surface area contributed by atoms with E-state index in [9.17, 15) is 13.2 Å². The van der Waals surface area contributed by atoms with Gasteiger partial charge < -0.3 is 4.90 Å². The average molecular weight is 351 g/mol. The van der Waals surface area contributed by atoms with E-state index in [1.807, 2.05) is 30.3 Å². The van der Waals surface area contributed by atoms with E-state index in [1.165, 1.54) is 9.87 Å². The minimum Gasteiger partial charge on any atom is -0.341 e. The molecule has 1 aromatic carbocycles. The lowest BCUT2D eigenvalue weighted by Crippen LogP contribution is -2.48. The van der Waals surface area contributed by atoms with Crippen LogP contribution >= 0.6 is 0 Å². The van der Waals surface area contributed by atoms with E-state index in [4.69, 9.17) is 0 Å². The van der Waals surface area contributed by atoms with Crippen LogP contribution in [0, 0.1) is 0 Å². The molecule has 0 unspecified atom stereocenters. The first-order chi connectivity index (χ1) is 11.5. The molecule has 1 aromatic rings. The van der Waals surface area contributed by atoms with Gasteiger partial charge in [0.1, 0.15) is 0 Å². The lowest BCUT2D eigenvalue weighted by molar-refractivity contribution is -0.127. The highest BCUT2D eigenvalue weighted by Gasteiger charge is 2.34. The summed E-state index contributed by atoms with van der Waals surface area (Å²) >= 11 is 0. The molecule has 7 heteroatoms. The number of hydrogen-bond acceptors (Lipinski definition) is 3. The van der Waals surface area contributed by atoms with Gasteiger partial charge in [0.25, 0.3) is 10.2 Å². The van der Waals surface area contributed by atoms with Gasteiger partial charge in [0.05, 0.1) is 0 Å². The number of piperidine rings is 1. The summed E-state index contributed by atoms with van der Waals surface area (Å²) in [5, 5.41) is 0. The van der Waals surface area contributed by atoms with E-state index in [0.29, 0.717) is 26.2 Å². The van der Waals surface area contributed by atoms with Crippen molar-refractivity contribution in [3.05, 3.63) is 35.9 Å². The highest BCUT2D eigenvalue weighted by Crippen LogP contribution is 2.16. The topological polar surface area (TPSA) is 69.7 Å². The number of hydrogen-bond donors (Lipinski definition) is 1. The molecule has 0 aliphatic carbocycles. The zero-order valence-corrected chi connectivity index (χ0v) is 14.7. The molecule has 2 saturated heterocycles. The van der Waals surface area contributed by atoms with Crippen molar-refractivity contribution in [3.8, 4) is 0 Å². The van der Waals surface area contributed by atoms with Crippen LogP contribution in [0.15, 0.2) is 30.3 Å². The monoisotopic (exact) mass is 351 g/mol. The number of carbonyl (C=O) groups excluding carboxylic acids is 1. The van der Waals surface area contributed by atoms with Crippen molar-refractivity contribution < 1.29 is 13.2 Å². The van der Waals surface area contributed by atoms with Crippen molar-refractivity contribution >= 4 is 16.1 Å². The van der Waals surface area contributed by atoms with Crippen molar-refractivity contribution in [3.63, 3.8) is 0 Å². The third-order valence-electron chi connectivity index (χ3n) is 4.70. The van der Waals surface area contributed by atoms with E-state index >= 15 is 0 Å². The number of nitrogens with one attached hydrogen (secondary N) is 1. The second-order valence-corrected chi connectivity index (χ2v) is 8.26. The van der Waals surface area contributed by atoms with Crippen molar-refractivity contribution in [2.45, 2.75) is 38.1 Å². The van der Waals surface area contributed by atoms with E-state index in [-0.39, 0.29) is 18.4 Å². The van der Waals surface area contributed by atoms with Gasteiger partial charge in [-0.2, -0.15) is 17.4 Å². The van der Waals surface area contributed by atoms with Crippen LogP contribution in [0.2, 0.25) is 0 Å². The van der Waals surface area contributed by atoms with Crippen LogP contribution in [0.5, 0.6) is 0 Å². The first-order valence-electron chi connectivity index (χ1n) is 8.64. The van der Waals surface area contributed by atoms with Gasteiger partial charge in [-0.3, -0.25) is 4.79 Å². The molecule has 6 nitrogen and oxygen atoms in total. The fraction of sp³-hybridized carbons (Fsp3) is 0.588. The molecule has 1 amide bonds. The summed E-state index contributed by atoms with van der Waals surface area (Å²) in [5.74, 6) is 0.0253. The van der Waals surface area contributed by atoms with Gasteiger partial charge in [-0.25, -0.2) is 0 Å². The summed E-state index contributed by atoms with van der Waals surface area (Å²) in [7, 11) is -3.48. The van der Waals surface area contributed by atoms with E-state index in [2.05, 4.69) is 4.72 Å². The van der Waals surface area contributed by atoms with Crippen molar-refractivity contribution in [2.24, 2.45) is 0 Å². The van der Waals surface area contributed by atoms with Crippen LogP contribution < -0.4 is 4.72 Å².